The Morgan fingerprint density at radius 2 is 1.80 bits per heavy atom. The van der Waals surface area contributed by atoms with Gasteiger partial charge in [-0.05, 0) is 60.0 Å². The van der Waals surface area contributed by atoms with Crippen molar-refractivity contribution in [2.45, 2.75) is 20.4 Å². The van der Waals surface area contributed by atoms with Gasteiger partial charge in [-0.3, -0.25) is 0 Å². The average molecular weight is 299 g/mol. The molecule has 0 saturated heterocycles. The van der Waals surface area contributed by atoms with Crippen molar-refractivity contribution in [2.75, 3.05) is 5.32 Å². The zero-order valence-corrected chi connectivity index (χ0v) is 13.3. The minimum atomic E-state index is 0.888. The van der Waals surface area contributed by atoms with Crippen molar-refractivity contribution in [1.29, 1.82) is 0 Å². The van der Waals surface area contributed by atoms with Crippen LogP contribution in [0.1, 0.15) is 16.0 Å². The second kappa shape index (κ2) is 5.81. The number of hydrogen-bond acceptors (Lipinski definition) is 3. The van der Waals surface area contributed by atoms with E-state index >= 15 is 0 Å². The minimum Gasteiger partial charge on any atom is -0.380 e. The number of benzene rings is 1. The standard InChI is InChI=1S/C17H17NS2/c1-12-6-13(2)8-15(7-12)18-10-16-9-14(11-20-16)17-4-3-5-19-17/h3-9,11,18H,10H2,1-2H3. The number of thiophene rings is 2. The van der Waals surface area contributed by atoms with E-state index in [9.17, 15) is 0 Å². The summed E-state index contributed by atoms with van der Waals surface area (Å²) in [7, 11) is 0. The molecule has 0 aliphatic rings. The minimum absolute atomic E-state index is 0.888. The largest absolute Gasteiger partial charge is 0.380 e. The van der Waals surface area contributed by atoms with Crippen LogP contribution >= 0.6 is 22.7 Å². The van der Waals surface area contributed by atoms with Crippen LogP contribution in [0.3, 0.4) is 0 Å². The molecule has 2 heterocycles. The summed E-state index contributed by atoms with van der Waals surface area (Å²) < 4.78 is 0. The molecule has 1 nitrogen and oxygen atoms in total. The Bertz CT molecular complexity index is 675. The van der Waals surface area contributed by atoms with Crippen molar-refractivity contribution in [3.63, 3.8) is 0 Å². The number of nitrogens with one attached hydrogen (secondary N) is 1. The van der Waals surface area contributed by atoms with E-state index < -0.39 is 0 Å². The molecular weight excluding hydrogens is 282 g/mol. The molecule has 102 valence electrons. The second-order valence-electron chi connectivity index (χ2n) is 5.01. The van der Waals surface area contributed by atoms with Gasteiger partial charge in [-0.1, -0.05) is 12.1 Å². The molecule has 0 aliphatic heterocycles. The summed E-state index contributed by atoms with van der Waals surface area (Å²) in [6.07, 6.45) is 0. The lowest BCUT2D eigenvalue weighted by Gasteiger charge is -2.07. The molecule has 3 heteroatoms. The van der Waals surface area contributed by atoms with Crippen LogP contribution in [0.2, 0.25) is 0 Å². The van der Waals surface area contributed by atoms with Gasteiger partial charge in [0.15, 0.2) is 0 Å². The Morgan fingerprint density at radius 1 is 1.00 bits per heavy atom. The molecule has 0 unspecified atom stereocenters. The predicted molar refractivity (Wildman–Crippen MR) is 90.9 cm³/mol. The molecule has 0 aliphatic carbocycles. The Hall–Kier alpha value is -1.58. The molecule has 0 amide bonds. The fraction of sp³-hybridized carbons (Fsp3) is 0.176. The zero-order valence-electron chi connectivity index (χ0n) is 11.6. The van der Waals surface area contributed by atoms with Crippen LogP contribution in [-0.2, 0) is 6.54 Å². The number of hydrogen-bond donors (Lipinski definition) is 1. The van der Waals surface area contributed by atoms with Crippen molar-refractivity contribution in [3.05, 3.63) is 63.2 Å². The molecule has 1 aromatic carbocycles. The summed E-state index contributed by atoms with van der Waals surface area (Å²) >= 11 is 3.61. The van der Waals surface area contributed by atoms with E-state index in [4.69, 9.17) is 0 Å². The van der Waals surface area contributed by atoms with Gasteiger partial charge >= 0.3 is 0 Å². The van der Waals surface area contributed by atoms with Crippen LogP contribution in [0, 0.1) is 13.8 Å². The molecule has 0 bridgehead atoms. The Morgan fingerprint density at radius 3 is 2.50 bits per heavy atom. The van der Waals surface area contributed by atoms with E-state index in [1.807, 2.05) is 11.3 Å². The van der Waals surface area contributed by atoms with Crippen LogP contribution < -0.4 is 5.32 Å². The van der Waals surface area contributed by atoms with Gasteiger partial charge in [0.1, 0.15) is 0 Å². The van der Waals surface area contributed by atoms with E-state index in [2.05, 4.69) is 66.3 Å². The molecular formula is C17H17NS2. The first kappa shape index (κ1) is 13.4. The van der Waals surface area contributed by atoms with E-state index in [1.54, 1.807) is 11.3 Å². The first-order valence-electron chi connectivity index (χ1n) is 6.64. The molecule has 3 rings (SSSR count). The van der Waals surface area contributed by atoms with Crippen LogP contribution in [-0.4, -0.2) is 0 Å². The number of rotatable bonds is 4. The molecule has 0 fully saturated rings. The molecule has 1 N–H and O–H groups in total. The first-order valence-corrected chi connectivity index (χ1v) is 8.40. The highest BCUT2D eigenvalue weighted by Gasteiger charge is 2.03. The number of aryl methyl sites for hydroxylation is 2. The summed E-state index contributed by atoms with van der Waals surface area (Å²) in [6, 6.07) is 13.2. The zero-order chi connectivity index (χ0) is 13.9. The van der Waals surface area contributed by atoms with E-state index in [1.165, 1.54) is 32.1 Å². The van der Waals surface area contributed by atoms with Crippen molar-refractivity contribution in [2.24, 2.45) is 0 Å². The summed E-state index contributed by atoms with van der Waals surface area (Å²) in [5.41, 5.74) is 5.15. The van der Waals surface area contributed by atoms with Gasteiger partial charge in [-0.15, -0.1) is 22.7 Å². The topological polar surface area (TPSA) is 12.0 Å². The average Bonchev–Trinajstić information content (AvgIpc) is 3.06. The molecule has 0 atom stereocenters. The third-order valence-electron chi connectivity index (χ3n) is 3.15. The summed E-state index contributed by atoms with van der Waals surface area (Å²) in [5, 5.41) is 7.88. The lowest BCUT2D eigenvalue weighted by Crippen LogP contribution is -1.98. The molecule has 0 radical (unpaired) electrons. The Kier molecular flexibility index (Phi) is 3.90. The maximum absolute atomic E-state index is 3.52. The van der Waals surface area contributed by atoms with Crippen LogP contribution in [0.25, 0.3) is 10.4 Å². The van der Waals surface area contributed by atoms with Crippen LogP contribution in [0.4, 0.5) is 5.69 Å². The van der Waals surface area contributed by atoms with Gasteiger partial charge in [0, 0.05) is 27.5 Å². The lowest BCUT2D eigenvalue weighted by molar-refractivity contribution is 1.18. The van der Waals surface area contributed by atoms with Crippen LogP contribution in [0.15, 0.2) is 47.2 Å². The van der Waals surface area contributed by atoms with E-state index in [0.29, 0.717) is 0 Å². The van der Waals surface area contributed by atoms with E-state index in [-0.39, 0.29) is 0 Å². The first-order chi connectivity index (χ1) is 9.70. The number of anilines is 1. The smallest absolute Gasteiger partial charge is 0.0494 e. The second-order valence-corrected chi connectivity index (χ2v) is 6.95. The summed E-state index contributed by atoms with van der Waals surface area (Å²) in [5.74, 6) is 0. The molecule has 20 heavy (non-hydrogen) atoms. The molecule has 2 aromatic heterocycles. The van der Waals surface area contributed by atoms with Gasteiger partial charge in [0.2, 0.25) is 0 Å². The van der Waals surface area contributed by atoms with Crippen molar-refractivity contribution in [3.8, 4) is 10.4 Å². The summed E-state index contributed by atoms with van der Waals surface area (Å²) in [6.45, 7) is 5.16. The van der Waals surface area contributed by atoms with Gasteiger partial charge in [-0.2, -0.15) is 0 Å². The van der Waals surface area contributed by atoms with Crippen molar-refractivity contribution >= 4 is 28.4 Å². The van der Waals surface area contributed by atoms with Gasteiger partial charge < -0.3 is 5.32 Å². The fourth-order valence-corrected chi connectivity index (χ4v) is 3.92. The van der Waals surface area contributed by atoms with Gasteiger partial charge in [0.25, 0.3) is 0 Å². The Labute approximate surface area is 127 Å². The molecule has 0 saturated carbocycles. The lowest BCUT2D eigenvalue weighted by atomic mass is 10.1. The van der Waals surface area contributed by atoms with E-state index in [0.717, 1.165) is 6.54 Å². The summed E-state index contributed by atoms with van der Waals surface area (Å²) in [4.78, 5) is 2.71. The highest BCUT2D eigenvalue weighted by atomic mass is 32.1. The van der Waals surface area contributed by atoms with Crippen molar-refractivity contribution < 1.29 is 0 Å². The maximum atomic E-state index is 3.52. The quantitative estimate of drug-likeness (QED) is 0.651. The fourth-order valence-electron chi connectivity index (χ4n) is 2.31. The normalized spacial score (nSPS) is 10.7. The molecule has 3 aromatic rings. The van der Waals surface area contributed by atoms with Gasteiger partial charge in [0.05, 0.1) is 0 Å². The third kappa shape index (κ3) is 3.11. The maximum Gasteiger partial charge on any atom is 0.0494 e. The van der Waals surface area contributed by atoms with Gasteiger partial charge in [-0.25, -0.2) is 0 Å². The SMILES string of the molecule is Cc1cc(C)cc(NCc2cc(-c3cccs3)cs2)c1. The third-order valence-corrected chi connectivity index (χ3v) is 5.00. The molecule has 0 spiro atoms. The highest BCUT2D eigenvalue weighted by molar-refractivity contribution is 7.14. The predicted octanol–water partition coefficient (Wildman–Crippen LogP) is 5.71. The monoisotopic (exact) mass is 299 g/mol. The van der Waals surface area contributed by atoms with Crippen LogP contribution in [0.5, 0.6) is 0 Å². The highest BCUT2D eigenvalue weighted by Crippen LogP contribution is 2.29. The van der Waals surface area contributed by atoms with Crippen molar-refractivity contribution in [1.82, 2.24) is 0 Å². The Balaban J connectivity index is 1.69.